The topological polar surface area (TPSA) is 73.6 Å². The highest BCUT2D eigenvalue weighted by molar-refractivity contribution is 5.76. The number of amides is 1. The zero-order valence-electron chi connectivity index (χ0n) is 10.2. The minimum atomic E-state index is -0.339. The number of nitrogens with two attached hydrogens (primary N) is 1. The maximum Gasteiger partial charge on any atom is 0.259 e. The lowest BCUT2D eigenvalue weighted by Gasteiger charge is -2.09. The fraction of sp³-hybridized carbons (Fsp3) is 0.417. The number of carbonyl (C=O) groups excluding carboxylic acids is 1. The van der Waals surface area contributed by atoms with Crippen LogP contribution in [0.2, 0.25) is 0 Å². The summed E-state index contributed by atoms with van der Waals surface area (Å²) in [6, 6.07) is 5.83. The van der Waals surface area contributed by atoms with Crippen molar-refractivity contribution in [2.24, 2.45) is 5.84 Å². The number of benzene rings is 1. The number of rotatable bonds is 6. The second kappa shape index (κ2) is 6.88. The van der Waals surface area contributed by atoms with Crippen LogP contribution in [0.15, 0.2) is 18.2 Å². The number of hydrogen-bond donors (Lipinski definition) is 2. The van der Waals surface area contributed by atoms with E-state index in [0.29, 0.717) is 6.61 Å². The molecule has 5 heteroatoms. The predicted octanol–water partition coefficient (Wildman–Crippen LogP) is 0.764. The van der Waals surface area contributed by atoms with Gasteiger partial charge in [0.05, 0.1) is 13.7 Å². The van der Waals surface area contributed by atoms with E-state index in [2.05, 4.69) is 6.92 Å². The van der Waals surface area contributed by atoms with Crippen LogP contribution in [0.4, 0.5) is 0 Å². The maximum absolute atomic E-state index is 10.8. The largest absolute Gasteiger partial charge is 0.496 e. The molecule has 0 saturated heterocycles. The van der Waals surface area contributed by atoms with Crippen molar-refractivity contribution in [3.63, 3.8) is 0 Å². The molecular formula is C12H18N2O3. The molecule has 1 amide bonds. The van der Waals surface area contributed by atoms with E-state index in [0.717, 1.165) is 23.3 Å². The fourth-order valence-electron chi connectivity index (χ4n) is 1.50. The molecule has 0 aliphatic carbocycles. The van der Waals surface area contributed by atoms with Gasteiger partial charge in [-0.3, -0.25) is 10.2 Å². The van der Waals surface area contributed by atoms with E-state index in [1.165, 1.54) is 0 Å². The van der Waals surface area contributed by atoms with Gasteiger partial charge in [-0.25, -0.2) is 5.84 Å². The number of methoxy groups -OCH3 is 1. The van der Waals surface area contributed by atoms with E-state index in [9.17, 15) is 4.79 Å². The highest BCUT2D eigenvalue weighted by Gasteiger charge is 2.04. The Hall–Kier alpha value is -1.59. The second-order valence-electron chi connectivity index (χ2n) is 3.56. The van der Waals surface area contributed by atoms with Crippen molar-refractivity contribution in [1.82, 2.24) is 5.43 Å². The summed E-state index contributed by atoms with van der Waals surface area (Å²) in [4.78, 5) is 10.8. The lowest BCUT2D eigenvalue weighted by atomic mass is 10.1. The summed E-state index contributed by atoms with van der Waals surface area (Å²) in [7, 11) is 1.65. The second-order valence-corrected chi connectivity index (χ2v) is 3.56. The summed E-state index contributed by atoms with van der Waals surface area (Å²) in [5.74, 6) is 5.47. The monoisotopic (exact) mass is 238 g/mol. The molecule has 0 saturated carbocycles. The zero-order valence-corrected chi connectivity index (χ0v) is 10.2. The minimum Gasteiger partial charge on any atom is -0.496 e. The van der Waals surface area contributed by atoms with E-state index in [1.807, 2.05) is 23.6 Å². The summed E-state index contributed by atoms with van der Waals surface area (Å²) in [5.41, 5.74) is 4.14. The molecule has 0 atom stereocenters. The molecule has 0 bridgehead atoms. The standard InChI is InChI=1S/C12H18N2O3/c1-3-10-6-9(4-5-11(10)16-2)7-17-8-12(15)14-13/h4-6H,3,7-8,13H2,1-2H3,(H,14,15). The maximum atomic E-state index is 10.8. The van der Waals surface area contributed by atoms with Gasteiger partial charge in [0.15, 0.2) is 0 Å². The average Bonchev–Trinajstić information content (AvgIpc) is 2.38. The third-order valence-corrected chi connectivity index (χ3v) is 2.39. The highest BCUT2D eigenvalue weighted by Crippen LogP contribution is 2.20. The van der Waals surface area contributed by atoms with Gasteiger partial charge in [-0.1, -0.05) is 13.0 Å². The summed E-state index contributed by atoms with van der Waals surface area (Å²) in [6.45, 7) is 2.40. The SMILES string of the molecule is CCc1cc(COCC(=O)NN)ccc1OC. The first-order valence-corrected chi connectivity index (χ1v) is 5.44. The van der Waals surface area contributed by atoms with Crippen LogP contribution in [0.1, 0.15) is 18.1 Å². The third kappa shape index (κ3) is 4.05. The van der Waals surface area contributed by atoms with Gasteiger partial charge in [0.25, 0.3) is 5.91 Å². The molecule has 0 heterocycles. The van der Waals surface area contributed by atoms with E-state index < -0.39 is 0 Å². The normalized spacial score (nSPS) is 10.1. The fourth-order valence-corrected chi connectivity index (χ4v) is 1.50. The van der Waals surface area contributed by atoms with Crippen molar-refractivity contribution in [3.8, 4) is 5.75 Å². The van der Waals surface area contributed by atoms with Gasteiger partial charge in [-0.15, -0.1) is 0 Å². The van der Waals surface area contributed by atoms with E-state index in [4.69, 9.17) is 15.3 Å². The van der Waals surface area contributed by atoms with Crippen LogP contribution in [0, 0.1) is 0 Å². The molecule has 3 N–H and O–H groups in total. The molecule has 0 aromatic heterocycles. The van der Waals surface area contributed by atoms with E-state index >= 15 is 0 Å². The van der Waals surface area contributed by atoms with Crippen LogP contribution < -0.4 is 16.0 Å². The lowest BCUT2D eigenvalue weighted by molar-refractivity contribution is -0.126. The van der Waals surface area contributed by atoms with Crippen LogP contribution in [-0.2, 0) is 22.6 Å². The zero-order chi connectivity index (χ0) is 12.7. The number of carbonyl (C=O) groups is 1. The van der Waals surface area contributed by atoms with Gasteiger partial charge >= 0.3 is 0 Å². The molecule has 0 fully saturated rings. The van der Waals surface area contributed by atoms with Crippen molar-refractivity contribution < 1.29 is 14.3 Å². The Bertz CT molecular complexity index is 380. The van der Waals surface area contributed by atoms with Crippen LogP contribution >= 0.6 is 0 Å². The van der Waals surface area contributed by atoms with Gasteiger partial charge in [-0.05, 0) is 29.7 Å². The van der Waals surface area contributed by atoms with Crippen LogP contribution in [0.25, 0.3) is 0 Å². The van der Waals surface area contributed by atoms with Gasteiger partial charge in [0.1, 0.15) is 12.4 Å². The molecular weight excluding hydrogens is 220 g/mol. The smallest absolute Gasteiger partial charge is 0.259 e. The first-order valence-electron chi connectivity index (χ1n) is 5.44. The third-order valence-electron chi connectivity index (χ3n) is 2.39. The molecule has 0 aliphatic heterocycles. The Labute approximate surface area is 101 Å². The van der Waals surface area contributed by atoms with Gasteiger partial charge < -0.3 is 9.47 Å². The Morgan fingerprint density at radius 1 is 1.47 bits per heavy atom. The quantitative estimate of drug-likeness (QED) is 0.436. The Kier molecular flexibility index (Phi) is 5.45. The van der Waals surface area contributed by atoms with E-state index in [-0.39, 0.29) is 12.5 Å². The summed E-state index contributed by atoms with van der Waals surface area (Å²) < 4.78 is 10.4. The molecule has 94 valence electrons. The van der Waals surface area contributed by atoms with Crippen LogP contribution in [0.5, 0.6) is 5.75 Å². The summed E-state index contributed by atoms with van der Waals surface area (Å²) in [5, 5.41) is 0. The summed E-state index contributed by atoms with van der Waals surface area (Å²) in [6.07, 6.45) is 0.889. The van der Waals surface area contributed by atoms with Crippen molar-refractivity contribution in [3.05, 3.63) is 29.3 Å². The number of hydrogen-bond acceptors (Lipinski definition) is 4. The van der Waals surface area contributed by atoms with Crippen molar-refractivity contribution >= 4 is 5.91 Å². The molecule has 5 nitrogen and oxygen atoms in total. The molecule has 1 aromatic rings. The first kappa shape index (κ1) is 13.5. The Morgan fingerprint density at radius 3 is 2.82 bits per heavy atom. The van der Waals surface area contributed by atoms with Crippen molar-refractivity contribution in [2.45, 2.75) is 20.0 Å². The van der Waals surface area contributed by atoms with Gasteiger partial charge in [0, 0.05) is 0 Å². The Morgan fingerprint density at radius 2 is 2.24 bits per heavy atom. The number of hydrazine groups is 1. The minimum absolute atomic E-state index is 0.0377. The molecule has 17 heavy (non-hydrogen) atoms. The van der Waals surface area contributed by atoms with Crippen molar-refractivity contribution in [1.29, 1.82) is 0 Å². The molecule has 0 spiro atoms. The van der Waals surface area contributed by atoms with Crippen molar-refractivity contribution in [2.75, 3.05) is 13.7 Å². The Balaban J connectivity index is 2.57. The number of aryl methyl sites for hydroxylation is 1. The first-order chi connectivity index (χ1) is 8.21. The molecule has 1 aromatic carbocycles. The highest BCUT2D eigenvalue weighted by atomic mass is 16.5. The van der Waals surface area contributed by atoms with E-state index in [1.54, 1.807) is 7.11 Å². The summed E-state index contributed by atoms with van der Waals surface area (Å²) >= 11 is 0. The predicted molar refractivity (Wildman–Crippen MR) is 64.4 cm³/mol. The van der Waals surface area contributed by atoms with Gasteiger partial charge in [-0.2, -0.15) is 0 Å². The van der Waals surface area contributed by atoms with Gasteiger partial charge in [0.2, 0.25) is 0 Å². The molecule has 1 rings (SSSR count). The molecule has 0 aliphatic rings. The van der Waals surface area contributed by atoms with Crippen LogP contribution in [-0.4, -0.2) is 19.6 Å². The number of nitrogens with one attached hydrogen (secondary N) is 1. The molecule has 0 unspecified atom stereocenters. The average molecular weight is 238 g/mol. The number of ether oxygens (including phenoxy) is 2. The lowest BCUT2D eigenvalue weighted by Crippen LogP contribution is -2.33. The molecule has 0 radical (unpaired) electrons. The van der Waals surface area contributed by atoms with Crippen LogP contribution in [0.3, 0.4) is 0 Å².